The first-order valence-electron chi connectivity index (χ1n) is 11.9. The van der Waals surface area contributed by atoms with Crippen LogP contribution in [-0.2, 0) is 19.1 Å². The molecule has 0 saturated carbocycles. The fraction of sp³-hybridized carbons (Fsp3) is 0.542. The van der Waals surface area contributed by atoms with E-state index in [4.69, 9.17) is 16.2 Å². The maximum absolute atomic E-state index is 13.5. The highest BCUT2D eigenvalue weighted by atomic mass is 79.9. The second-order valence-corrected chi connectivity index (χ2v) is 9.85. The van der Waals surface area contributed by atoms with E-state index in [9.17, 15) is 23.6 Å². The highest BCUT2D eigenvalue weighted by Gasteiger charge is 2.38. The minimum absolute atomic E-state index is 0.104. The summed E-state index contributed by atoms with van der Waals surface area (Å²) in [5, 5.41) is 5.31. The Labute approximate surface area is 223 Å². The zero-order valence-electron chi connectivity index (χ0n) is 20.9. The number of ether oxygens (including phenoxy) is 1. The van der Waals surface area contributed by atoms with Crippen molar-refractivity contribution in [2.45, 2.75) is 44.8 Å². The minimum Gasteiger partial charge on any atom is -0.377 e. The van der Waals surface area contributed by atoms with Gasteiger partial charge in [0.25, 0.3) is 5.91 Å². The number of benzene rings is 1. The van der Waals surface area contributed by atoms with Gasteiger partial charge in [-0.05, 0) is 43.0 Å². The summed E-state index contributed by atoms with van der Waals surface area (Å²) >= 11 is 3.32. The van der Waals surface area contributed by atoms with Crippen LogP contribution in [0.25, 0.3) is 0 Å². The average Bonchev–Trinajstić information content (AvgIpc) is 2.87. The number of carbonyl (C=O) groups excluding carboxylic acids is 4. The summed E-state index contributed by atoms with van der Waals surface area (Å²) in [6.45, 7) is 2.73. The van der Waals surface area contributed by atoms with Crippen LogP contribution in [0.4, 0.5) is 4.39 Å². The minimum atomic E-state index is -1.26. The number of nitrogens with one attached hydrogen (secondary N) is 2. The fourth-order valence-electron chi connectivity index (χ4n) is 3.78. The molecular formula is C24H34BrFN6O5. The SMILES string of the molecule is CC(C)C(NC(=O)c1ccc(Br)cc1)C(=O)N1CCOCC1C(=O)NC(CCCN=C(N)N)C(=O)CF. The number of carbonyl (C=O) groups is 4. The van der Waals surface area contributed by atoms with E-state index in [1.165, 1.54) is 4.90 Å². The van der Waals surface area contributed by atoms with Crippen LogP contribution in [-0.4, -0.2) is 85.5 Å². The molecule has 1 aliphatic heterocycles. The molecule has 1 saturated heterocycles. The monoisotopic (exact) mass is 584 g/mol. The molecule has 11 nitrogen and oxygen atoms in total. The van der Waals surface area contributed by atoms with Crippen molar-refractivity contribution in [2.75, 3.05) is 33.0 Å². The Bertz CT molecular complexity index is 986. The largest absolute Gasteiger partial charge is 0.377 e. The molecule has 0 aromatic heterocycles. The number of halogens is 2. The van der Waals surface area contributed by atoms with E-state index in [1.54, 1.807) is 38.1 Å². The molecule has 3 unspecified atom stereocenters. The Balaban J connectivity index is 2.14. The lowest BCUT2D eigenvalue weighted by Gasteiger charge is -2.38. The van der Waals surface area contributed by atoms with E-state index in [-0.39, 0.29) is 44.6 Å². The Morgan fingerprint density at radius 1 is 1.19 bits per heavy atom. The van der Waals surface area contributed by atoms with Crippen LogP contribution in [0.1, 0.15) is 37.0 Å². The number of morpholine rings is 1. The van der Waals surface area contributed by atoms with E-state index in [0.717, 1.165) is 4.47 Å². The van der Waals surface area contributed by atoms with Crippen LogP contribution in [0, 0.1) is 5.92 Å². The molecule has 3 amide bonds. The van der Waals surface area contributed by atoms with Crippen molar-refractivity contribution in [1.29, 1.82) is 0 Å². The lowest BCUT2D eigenvalue weighted by Crippen LogP contribution is -2.62. The van der Waals surface area contributed by atoms with Crippen molar-refractivity contribution in [3.63, 3.8) is 0 Å². The molecule has 1 aromatic carbocycles. The fourth-order valence-corrected chi connectivity index (χ4v) is 4.05. The van der Waals surface area contributed by atoms with Crippen molar-refractivity contribution >= 4 is 45.4 Å². The normalized spacial score (nSPS) is 17.0. The topological polar surface area (TPSA) is 169 Å². The number of nitrogens with two attached hydrogens (primary N) is 2. The molecule has 3 atom stereocenters. The zero-order chi connectivity index (χ0) is 27.5. The number of Topliss-reactive ketones (excluding diaryl/α,β-unsaturated/α-hetero) is 1. The van der Waals surface area contributed by atoms with E-state index in [2.05, 4.69) is 31.6 Å². The molecule has 1 aromatic rings. The van der Waals surface area contributed by atoms with Gasteiger partial charge in [-0.2, -0.15) is 0 Å². The van der Waals surface area contributed by atoms with Crippen LogP contribution >= 0.6 is 15.9 Å². The number of rotatable bonds is 12. The predicted molar refractivity (Wildman–Crippen MR) is 139 cm³/mol. The number of guanidine groups is 1. The summed E-state index contributed by atoms with van der Waals surface area (Å²) in [7, 11) is 0. The number of hydrogen-bond donors (Lipinski definition) is 4. The van der Waals surface area contributed by atoms with Gasteiger partial charge >= 0.3 is 0 Å². The molecule has 37 heavy (non-hydrogen) atoms. The van der Waals surface area contributed by atoms with Gasteiger partial charge in [-0.25, -0.2) is 4.39 Å². The summed E-state index contributed by atoms with van der Waals surface area (Å²) in [5.74, 6) is -2.72. The zero-order valence-corrected chi connectivity index (χ0v) is 22.5. The summed E-state index contributed by atoms with van der Waals surface area (Å²) < 4.78 is 19.4. The molecule has 2 rings (SSSR count). The number of ketones is 1. The first-order valence-corrected chi connectivity index (χ1v) is 12.7. The Morgan fingerprint density at radius 3 is 2.46 bits per heavy atom. The number of amides is 3. The van der Waals surface area contributed by atoms with E-state index in [1.807, 2.05) is 0 Å². The van der Waals surface area contributed by atoms with Gasteiger partial charge in [-0.1, -0.05) is 29.8 Å². The van der Waals surface area contributed by atoms with Crippen molar-refractivity contribution in [3.05, 3.63) is 34.3 Å². The third-order valence-corrected chi connectivity index (χ3v) is 6.35. The molecule has 0 spiro atoms. The van der Waals surface area contributed by atoms with Gasteiger partial charge < -0.3 is 31.7 Å². The number of alkyl halides is 1. The number of hydrogen-bond acceptors (Lipinski definition) is 6. The predicted octanol–water partition coefficient (Wildman–Crippen LogP) is 0.508. The smallest absolute Gasteiger partial charge is 0.251 e. The Morgan fingerprint density at radius 2 is 1.86 bits per heavy atom. The lowest BCUT2D eigenvalue weighted by molar-refractivity contribution is -0.151. The molecule has 0 radical (unpaired) electrons. The van der Waals surface area contributed by atoms with Crippen LogP contribution < -0.4 is 22.1 Å². The molecule has 6 N–H and O–H groups in total. The molecule has 0 bridgehead atoms. The maximum Gasteiger partial charge on any atom is 0.251 e. The molecule has 13 heteroatoms. The van der Waals surface area contributed by atoms with Crippen molar-refractivity contribution in [1.82, 2.24) is 15.5 Å². The third kappa shape index (κ3) is 9.08. The number of nitrogens with zero attached hydrogens (tertiary/aromatic N) is 2. The first-order chi connectivity index (χ1) is 17.5. The molecule has 0 aliphatic carbocycles. The molecule has 1 aliphatic rings. The first kappa shape index (κ1) is 30.2. The quantitative estimate of drug-likeness (QED) is 0.157. The van der Waals surface area contributed by atoms with Gasteiger partial charge in [-0.15, -0.1) is 0 Å². The van der Waals surface area contributed by atoms with Crippen molar-refractivity contribution < 1.29 is 28.3 Å². The highest BCUT2D eigenvalue weighted by molar-refractivity contribution is 9.10. The van der Waals surface area contributed by atoms with E-state index in [0.29, 0.717) is 12.0 Å². The second-order valence-electron chi connectivity index (χ2n) is 8.93. The standard InChI is InChI=1S/C24H34BrFN6O5/c1-14(2)20(31-21(34)15-5-7-16(25)8-6-15)23(36)32-10-11-37-13-18(32)22(35)30-17(19(33)12-26)4-3-9-29-24(27)28/h5-8,14,17-18,20H,3-4,9-13H2,1-2H3,(H,30,35)(H,31,34)(H4,27,28,29). The Hall–Kier alpha value is -3.06. The summed E-state index contributed by atoms with van der Waals surface area (Å²) in [6.07, 6.45) is 0.445. The maximum atomic E-state index is 13.5. The van der Waals surface area contributed by atoms with Gasteiger partial charge in [0, 0.05) is 23.1 Å². The van der Waals surface area contributed by atoms with Crippen LogP contribution in [0.5, 0.6) is 0 Å². The van der Waals surface area contributed by atoms with Gasteiger partial charge in [0.05, 0.1) is 19.3 Å². The number of aliphatic imine (C=N–C) groups is 1. The summed E-state index contributed by atoms with van der Waals surface area (Å²) in [4.78, 5) is 56.7. The molecular weight excluding hydrogens is 551 g/mol. The van der Waals surface area contributed by atoms with Gasteiger partial charge in [0.1, 0.15) is 18.8 Å². The van der Waals surface area contributed by atoms with Gasteiger partial charge in [-0.3, -0.25) is 24.2 Å². The summed E-state index contributed by atoms with van der Waals surface area (Å²) in [6, 6.07) is 3.62. The molecule has 1 fully saturated rings. The Kier molecular flexibility index (Phi) is 11.9. The molecule has 1 heterocycles. The highest BCUT2D eigenvalue weighted by Crippen LogP contribution is 2.16. The second kappa shape index (κ2) is 14.6. The summed E-state index contributed by atoms with van der Waals surface area (Å²) in [5.41, 5.74) is 10.9. The van der Waals surface area contributed by atoms with Crippen LogP contribution in [0.15, 0.2) is 33.7 Å². The third-order valence-electron chi connectivity index (χ3n) is 5.82. The average molecular weight is 585 g/mol. The van der Waals surface area contributed by atoms with Gasteiger partial charge in [0.2, 0.25) is 11.8 Å². The van der Waals surface area contributed by atoms with E-state index >= 15 is 0 Å². The van der Waals surface area contributed by atoms with Gasteiger partial charge in [0.15, 0.2) is 11.7 Å². The van der Waals surface area contributed by atoms with E-state index < -0.39 is 48.3 Å². The van der Waals surface area contributed by atoms with Crippen LogP contribution in [0.2, 0.25) is 0 Å². The molecule has 204 valence electrons. The van der Waals surface area contributed by atoms with Crippen LogP contribution in [0.3, 0.4) is 0 Å². The van der Waals surface area contributed by atoms with Crippen molar-refractivity contribution in [3.8, 4) is 0 Å². The lowest BCUT2D eigenvalue weighted by atomic mass is 10.00. The van der Waals surface area contributed by atoms with Crippen molar-refractivity contribution in [2.24, 2.45) is 22.4 Å².